The molecule has 0 fully saturated rings. The lowest BCUT2D eigenvalue weighted by atomic mass is 10.0. The number of aliphatic hydroxyl groups is 1. The lowest BCUT2D eigenvalue weighted by Gasteiger charge is -2.06. The molecule has 0 radical (unpaired) electrons. The van der Waals surface area contributed by atoms with Crippen LogP contribution in [0.15, 0.2) is 18.2 Å². The number of aliphatic hydroxyl groups excluding tert-OH is 1. The van der Waals surface area contributed by atoms with Crippen molar-refractivity contribution in [2.45, 2.75) is 20.0 Å². The van der Waals surface area contributed by atoms with Gasteiger partial charge in [-0.15, -0.1) is 11.6 Å². The van der Waals surface area contributed by atoms with Crippen molar-refractivity contribution in [3.8, 4) is 0 Å². The fourth-order valence-corrected chi connectivity index (χ4v) is 1.43. The molecule has 0 amide bonds. The molecule has 3 heteroatoms. The van der Waals surface area contributed by atoms with Crippen molar-refractivity contribution in [3.63, 3.8) is 0 Å². The molecule has 2 nitrogen and oxygen atoms in total. The highest BCUT2D eigenvalue weighted by atomic mass is 35.5. The highest BCUT2D eigenvalue weighted by molar-refractivity contribution is 6.27. The van der Waals surface area contributed by atoms with Crippen molar-refractivity contribution in [1.29, 1.82) is 0 Å². The van der Waals surface area contributed by atoms with E-state index in [1.54, 1.807) is 0 Å². The SMILES string of the molecule is Cc1ccc(CO)c(CC(=O)CCl)c1. The Balaban J connectivity index is 2.93. The second kappa shape index (κ2) is 5.13. The Morgan fingerprint density at radius 2 is 2.14 bits per heavy atom. The molecule has 1 rings (SSSR count). The zero-order valence-corrected chi connectivity index (χ0v) is 8.84. The van der Waals surface area contributed by atoms with E-state index < -0.39 is 0 Å². The van der Waals surface area contributed by atoms with E-state index in [0.29, 0.717) is 6.42 Å². The van der Waals surface area contributed by atoms with Crippen LogP contribution in [-0.2, 0) is 17.8 Å². The van der Waals surface area contributed by atoms with E-state index >= 15 is 0 Å². The molecule has 0 spiro atoms. The Morgan fingerprint density at radius 3 is 2.71 bits per heavy atom. The van der Waals surface area contributed by atoms with Crippen LogP contribution in [0.25, 0.3) is 0 Å². The van der Waals surface area contributed by atoms with Crippen LogP contribution in [0, 0.1) is 6.92 Å². The van der Waals surface area contributed by atoms with Gasteiger partial charge in [-0.3, -0.25) is 4.79 Å². The Kier molecular flexibility index (Phi) is 4.11. The number of benzene rings is 1. The molecule has 0 saturated carbocycles. The van der Waals surface area contributed by atoms with Crippen LogP contribution >= 0.6 is 11.6 Å². The van der Waals surface area contributed by atoms with E-state index in [2.05, 4.69) is 0 Å². The predicted molar refractivity (Wildman–Crippen MR) is 56.5 cm³/mol. The fraction of sp³-hybridized carbons (Fsp3) is 0.364. The average molecular weight is 213 g/mol. The van der Waals surface area contributed by atoms with E-state index in [9.17, 15) is 4.79 Å². The number of hydrogen-bond acceptors (Lipinski definition) is 2. The summed E-state index contributed by atoms with van der Waals surface area (Å²) < 4.78 is 0. The van der Waals surface area contributed by atoms with Gasteiger partial charge in [0.15, 0.2) is 5.78 Å². The molecule has 0 heterocycles. The summed E-state index contributed by atoms with van der Waals surface area (Å²) in [5.74, 6) is 0.00527. The summed E-state index contributed by atoms with van der Waals surface area (Å²) in [5.41, 5.74) is 2.76. The van der Waals surface area contributed by atoms with Gasteiger partial charge in [-0.2, -0.15) is 0 Å². The molecule has 0 unspecified atom stereocenters. The number of rotatable bonds is 4. The zero-order chi connectivity index (χ0) is 10.6. The molecular formula is C11H13ClO2. The maximum Gasteiger partial charge on any atom is 0.151 e. The van der Waals surface area contributed by atoms with Crippen LogP contribution in [0.2, 0.25) is 0 Å². The summed E-state index contributed by atoms with van der Waals surface area (Å²) in [5, 5.41) is 9.05. The number of carbonyl (C=O) groups is 1. The summed E-state index contributed by atoms with van der Waals surface area (Å²) in [7, 11) is 0. The minimum absolute atomic E-state index is 0.0213. The van der Waals surface area contributed by atoms with Crippen molar-refractivity contribution in [2.75, 3.05) is 5.88 Å². The van der Waals surface area contributed by atoms with Crippen LogP contribution in [0.3, 0.4) is 0 Å². The number of hydrogen-bond donors (Lipinski definition) is 1. The maximum atomic E-state index is 11.1. The van der Waals surface area contributed by atoms with Crippen molar-refractivity contribution >= 4 is 17.4 Å². The van der Waals surface area contributed by atoms with Gasteiger partial charge >= 0.3 is 0 Å². The third kappa shape index (κ3) is 2.82. The topological polar surface area (TPSA) is 37.3 Å². The monoisotopic (exact) mass is 212 g/mol. The van der Waals surface area contributed by atoms with E-state index in [1.807, 2.05) is 25.1 Å². The number of carbonyl (C=O) groups excluding carboxylic acids is 1. The summed E-state index contributed by atoms with van der Waals surface area (Å²) in [6, 6.07) is 5.67. The number of ketones is 1. The standard InChI is InChI=1S/C11H13ClO2/c1-8-2-3-9(7-13)10(4-8)5-11(14)6-12/h2-4,13H,5-7H2,1H3. The van der Waals surface area contributed by atoms with Gasteiger partial charge in [0, 0.05) is 6.42 Å². The lowest BCUT2D eigenvalue weighted by Crippen LogP contribution is -2.06. The quantitative estimate of drug-likeness (QED) is 0.774. The van der Waals surface area contributed by atoms with Crippen molar-refractivity contribution in [3.05, 3.63) is 34.9 Å². The molecule has 0 bridgehead atoms. The third-order valence-corrected chi connectivity index (χ3v) is 2.37. The van der Waals surface area contributed by atoms with Crippen LogP contribution in [0.5, 0.6) is 0 Å². The predicted octanol–water partition coefficient (Wildman–Crippen LogP) is 1.84. The highest BCUT2D eigenvalue weighted by Gasteiger charge is 2.06. The van der Waals surface area contributed by atoms with Crippen LogP contribution < -0.4 is 0 Å². The minimum Gasteiger partial charge on any atom is -0.392 e. The summed E-state index contributed by atoms with van der Waals surface area (Å²) in [6.45, 7) is 1.92. The molecule has 1 aromatic carbocycles. The molecule has 0 aliphatic carbocycles. The van der Waals surface area contributed by atoms with Gasteiger partial charge in [0.2, 0.25) is 0 Å². The zero-order valence-electron chi connectivity index (χ0n) is 8.09. The van der Waals surface area contributed by atoms with Crippen molar-refractivity contribution in [1.82, 2.24) is 0 Å². The Morgan fingerprint density at radius 1 is 1.43 bits per heavy atom. The van der Waals surface area contributed by atoms with Crippen LogP contribution in [-0.4, -0.2) is 16.8 Å². The molecule has 0 aliphatic rings. The lowest BCUT2D eigenvalue weighted by molar-refractivity contribution is -0.116. The number of alkyl halides is 1. The van der Waals surface area contributed by atoms with Gasteiger partial charge in [0.25, 0.3) is 0 Å². The largest absolute Gasteiger partial charge is 0.392 e. The van der Waals surface area contributed by atoms with E-state index in [0.717, 1.165) is 16.7 Å². The molecule has 0 saturated heterocycles. The van der Waals surface area contributed by atoms with Gasteiger partial charge in [-0.05, 0) is 18.1 Å². The van der Waals surface area contributed by atoms with Crippen molar-refractivity contribution in [2.24, 2.45) is 0 Å². The summed E-state index contributed by atoms with van der Waals surface area (Å²) >= 11 is 5.43. The number of aryl methyl sites for hydroxylation is 1. The Hall–Kier alpha value is -0.860. The molecule has 0 aliphatic heterocycles. The number of halogens is 1. The first kappa shape index (κ1) is 11.2. The molecule has 1 N–H and O–H groups in total. The van der Waals surface area contributed by atoms with Crippen LogP contribution in [0.4, 0.5) is 0 Å². The first-order valence-corrected chi connectivity index (χ1v) is 4.97. The number of Topliss-reactive ketones (excluding diaryl/α,β-unsaturated/α-hetero) is 1. The minimum atomic E-state index is -0.0365. The molecule has 0 aromatic heterocycles. The van der Waals surface area contributed by atoms with Crippen molar-refractivity contribution < 1.29 is 9.90 Å². The van der Waals surface area contributed by atoms with E-state index in [1.165, 1.54) is 0 Å². The third-order valence-electron chi connectivity index (χ3n) is 2.07. The first-order chi connectivity index (χ1) is 6.67. The van der Waals surface area contributed by atoms with Gasteiger partial charge < -0.3 is 5.11 Å². The van der Waals surface area contributed by atoms with Gasteiger partial charge in [0.1, 0.15) is 0 Å². The van der Waals surface area contributed by atoms with Gasteiger partial charge in [0.05, 0.1) is 12.5 Å². The second-order valence-electron chi connectivity index (χ2n) is 3.28. The average Bonchev–Trinajstić information content (AvgIpc) is 2.18. The summed E-state index contributed by atoms with van der Waals surface area (Å²) in [4.78, 5) is 11.1. The van der Waals surface area contributed by atoms with Gasteiger partial charge in [-0.25, -0.2) is 0 Å². The van der Waals surface area contributed by atoms with Crippen LogP contribution in [0.1, 0.15) is 16.7 Å². The Bertz CT molecular complexity index is 334. The smallest absolute Gasteiger partial charge is 0.151 e. The molecule has 1 aromatic rings. The Labute approximate surface area is 88.5 Å². The fourth-order valence-electron chi connectivity index (χ4n) is 1.33. The van der Waals surface area contributed by atoms with E-state index in [4.69, 9.17) is 16.7 Å². The second-order valence-corrected chi connectivity index (χ2v) is 3.55. The molecule has 76 valence electrons. The van der Waals surface area contributed by atoms with E-state index in [-0.39, 0.29) is 18.3 Å². The highest BCUT2D eigenvalue weighted by Crippen LogP contribution is 2.13. The molecular weight excluding hydrogens is 200 g/mol. The summed E-state index contributed by atoms with van der Waals surface area (Å²) in [6.07, 6.45) is 0.307. The first-order valence-electron chi connectivity index (χ1n) is 4.44. The molecule has 14 heavy (non-hydrogen) atoms. The molecule has 0 atom stereocenters. The normalized spacial score (nSPS) is 10.2. The van der Waals surface area contributed by atoms with Gasteiger partial charge in [-0.1, -0.05) is 23.8 Å². The maximum absolute atomic E-state index is 11.1.